The highest BCUT2D eigenvalue weighted by Crippen LogP contribution is 2.32. The van der Waals surface area contributed by atoms with Gasteiger partial charge < -0.3 is 5.11 Å². The summed E-state index contributed by atoms with van der Waals surface area (Å²) < 4.78 is 1.27. The first-order chi connectivity index (χ1) is 6.22. The van der Waals surface area contributed by atoms with Gasteiger partial charge >= 0.3 is 0 Å². The highest BCUT2D eigenvalue weighted by Gasteiger charge is 2.06. The van der Waals surface area contributed by atoms with E-state index >= 15 is 0 Å². The molecule has 2 rings (SSSR count). The Balaban J connectivity index is 2.77. The molecule has 0 bridgehead atoms. The maximum Gasteiger partial charge on any atom is 0.116 e. The van der Waals surface area contributed by atoms with Crippen molar-refractivity contribution in [2.24, 2.45) is 0 Å². The molecule has 0 fully saturated rings. The number of hydrogen-bond donors (Lipinski definition) is 1. The second-order valence-corrected chi connectivity index (χ2v) is 4.32. The van der Waals surface area contributed by atoms with Gasteiger partial charge in [0, 0.05) is 9.58 Å². The van der Waals surface area contributed by atoms with Crippen molar-refractivity contribution >= 4 is 21.4 Å². The number of rotatable bonds is 1. The highest BCUT2D eigenvalue weighted by molar-refractivity contribution is 7.19. The predicted molar refractivity (Wildman–Crippen MR) is 57.6 cm³/mol. The number of benzene rings is 1. The molecule has 0 spiro atoms. The van der Waals surface area contributed by atoms with Crippen LogP contribution >= 0.6 is 11.3 Å². The van der Waals surface area contributed by atoms with Gasteiger partial charge in [0.25, 0.3) is 0 Å². The number of phenolic OH excluding ortho intramolecular Hbond substituents is 1. The van der Waals surface area contributed by atoms with Crippen molar-refractivity contribution in [2.75, 3.05) is 0 Å². The lowest BCUT2D eigenvalue weighted by molar-refractivity contribution is 0.476. The van der Waals surface area contributed by atoms with Crippen LogP contribution in [0.3, 0.4) is 0 Å². The predicted octanol–water partition coefficient (Wildman–Crippen LogP) is 3.48. The normalized spacial score (nSPS) is 10.9. The summed E-state index contributed by atoms with van der Waals surface area (Å²) >= 11 is 1.82. The van der Waals surface area contributed by atoms with Gasteiger partial charge in [-0.1, -0.05) is 6.92 Å². The molecule has 0 radical (unpaired) electrons. The molecule has 0 aliphatic carbocycles. The largest absolute Gasteiger partial charge is 0.508 e. The van der Waals surface area contributed by atoms with Crippen LogP contribution < -0.4 is 0 Å². The Morgan fingerprint density at radius 3 is 2.85 bits per heavy atom. The van der Waals surface area contributed by atoms with Crippen molar-refractivity contribution in [1.29, 1.82) is 0 Å². The summed E-state index contributed by atoms with van der Waals surface area (Å²) in [7, 11) is 0. The summed E-state index contributed by atoms with van der Waals surface area (Å²) in [6.07, 6.45) is 1.08. The number of phenols is 1. The quantitative estimate of drug-likeness (QED) is 0.733. The van der Waals surface area contributed by atoms with Crippen LogP contribution in [0.5, 0.6) is 5.75 Å². The third-order valence-electron chi connectivity index (χ3n) is 2.34. The van der Waals surface area contributed by atoms with Crippen molar-refractivity contribution in [2.45, 2.75) is 20.3 Å². The van der Waals surface area contributed by atoms with E-state index < -0.39 is 0 Å². The van der Waals surface area contributed by atoms with Gasteiger partial charge in [-0.05, 0) is 42.5 Å². The fraction of sp³-hybridized carbons (Fsp3) is 0.273. The SMILES string of the molecule is CCc1sc2ccc(O)cc2c1C. The number of aryl methyl sites for hydroxylation is 2. The summed E-state index contributed by atoms with van der Waals surface area (Å²) in [5, 5.41) is 10.5. The minimum absolute atomic E-state index is 0.357. The van der Waals surface area contributed by atoms with Gasteiger partial charge in [0.05, 0.1) is 0 Å². The van der Waals surface area contributed by atoms with Gasteiger partial charge in [0.15, 0.2) is 0 Å². The first kappa shape index (κ1) is 8.57. The van der Waals surface area contributed by atoms with Crippen LogP contribution in [0.2, 0.25) is 0 Å². The maximum atomic E-state index is 9.34. The first-order valence-corrected chi connectivity index (χ1v) is 5.25. The molecule has 0 aliphatic rings. The Morgan fingerprint density at radius 2 is 2.15 bits per heavy atom. The Bertz CT molecular complexity index is 443. The zero-order valence-corrected chi connectivity index (χ0v) is 8.61. The molecule has 0 saturated carbocycles. The second kappa shape index (κ2) is 3.04. The molecule has 0 amide bonds. The monoisotopic (exact) mass is 192 g/mol. The van der Waals surface area contributed by atoms with Crippen molar-refractivity contribution in [3.05, 3.63) is 28.6 Å². The molecule has 1 aromatic carbocycles. The van der Waals surface area contributed by atoms with E-state index in [9.17, 15) is 5.11 Å². The van der Waals surface area contributed by atoms with Crippen LogP contribution in [0.1, 0.15) is 17.4 Å². The van der Waals surface area contributed by atoms with E-state index in [2.05, 4.69) is 13.8 Å². The lowest BCUT2D eigenvalue weighted by Gasteiger charge is -1.93. The van der Waals surface area contributed by atoms with E-state index in [-0.39, 0.29) is 0 Å². The minimum Gasteiger partial charge on any atom is -0.508 e. The van der Waals surface area contributed by atoms with Crippen LogP contribution in [0.15, 0.2) is 18.2 Å². The smallest absolute Gasteiger partial charge is 0.116 e. The standard InChI is InChI=1S/C11H12OS/c1-3-10-7(2)9-6-8(12)4-5-11(9)13-10/h4-6,12H,3H2,1-2H3. The highest BCUT2D eigenvalue weighted by atomic mass is 32.1. The Hall–Kier alpha value is -1.02. The van der Waals surface area contributed by atoms with E-state index in [1.165, 1.54) is 20.5 Å². The molecule has 1 heterocycles. The van der Waals surface area contributed by atoms with Crippen molar-refractivity contribution in [3.63, 3.8) is 0 Å². The van der Waals surface area contributed by atoms with E-state index in [0.29, 0.717) is 5.75 Å². The van der Waals surface area contributed by atoms with Crippen LogP contribution in [0.25, 0.3) is 10.1 Å². The average molecular weight is 192 g/mol. The zero-order valence-electron chi connectivity index (χ0n) is 7.79. The number of thiophene rings is 1. The molecule has 0 unspecified atom stereocenters. The van der Waals surface area contributed by atoms with E-state index in [0.717, 1.165) is 6.42 Å². The van der Waals surface area contributed by atoms with Gasteiger partial charge in [-0.2, -0.15) is 0 Å². The number of hydrogen-bond acceptors (Lipinski definition) is 2. The van der Waals surface area contributed by atoms with Crippen molar-refractivity contribution < 1.29 is 5.11 Å². The zero-order chi connectivity index (χ0) is 9.42. The molecule has 1 nitrogen and oxygen atoms in total. The summed E-state index contributed by atoms with van der Waals surface area (Å²) in [5.41, 5.74) is 1.32. The molecule has 2 aromatic rings. The maximum absolute atomic E-state index is 9.34. The fourth-order valence-electron chi connectivity index (χ4n) is 1.60. The summed E-state index contributed by atoms with van der Waals surface area (Å²) in [5.74, 6) is 0.357. The molecule has 1 aromatic heterocycles. The molecular weight excluding hydrogens is 180 g/mol. The van der Waals surface area contributed by atoms with E-state index in [1.54, 1.807) is 6.07 Å². The van der Waals surface area contributed by atoms with Crippen molar-refractivity contribution in [1.82, 2.24) is 0 Å². The van der Waals surface area contributed by atoms with Crippen LogP contribution in [-0.2, 0) is 6.42 Å². The minimum atomic E-state index is 0.357. The van der Waals surface area contributed by atoms with E-state index in [1.807, 2.05) is 23.5 Å². The molecule has 2 heteroatoms. The van der Waals surface area contributed by atoms with E-state index in [4.69, 9.17) is 0 Å². The molecule has 0 aliphatic heterocycles. The third-order valence-corrected chi connectivity index (χ3v) is 3.76. The lowest BCUT2D eigenvalue weighted by atomic mass is 10.1. The molecule has 0 atom stereocenters. The average Bonchev–Trinajstić information content (AvgIpc) is 2.44. The summed E-state index contributed by atoms with van der Waals surface area (Å²) in [4.78, 5) is 1.42. The van der Waals surface area contributed by atoms with Gasteiger partial charge in [0.1, 0.15) is 5.75 Å². The van der Waals surface area contributed by atoms with Gasteiger partial charge in [-0.25, -0.2) is 0 Å². The van der Waals surface area contributed by atoms with Gasteiger partial charge in [-0.15, -0.1) is 11.3 Å². The molecule has 68 valence electrons. The van der Waals surface area contributed by atoms with Gasteiger partial charge in [0.2, 0.25) is 0 Å². The Morgan fingerprint density at radius 1 is 1.38 bits per heavy atom. The molecule has 13 heavy (non-hydrogen) atoms. The molecule has 1 N–H and O–H groups in total. The van der Waals surface area contributed by atoms with Crippen LogP contribution in [-0.4, -0.2) is 5.11 Å². The summed E-state index contributed by atoms with van der Waals surface area (Å²) in [6, 6.07) is 5.58. The fourth-order valence-corrected chi connectivity index (χ4v) is 2.73. The topological polar surface area (TPSA) is 20.2 Å². The Kier molecular flexibility index (Phi) is 2.00. The van der Waals surface area contributed by atoms with Crippen LogP contribution in [0.4, 0.5) is 0 Å². The first-order valence-electron chi connectivity index (χ1n) is 4.43. The summed E-state index contributed by atoms with van der Waals surface area (Å²) in [6.45, 7) is 4.29. The van der Waals surface area contributed by atoms with Crippen LogP contribution in [0, 0.1) is 6.92 Å². The lowest BCUT2D eigenvalue weighted by Crippen LogP contribution is -1.75. The number of aromatic hydroxyl groups is 1. The molecule has 0 saturated heterocycles. The molecular formula is C11H12OS. The second-order valence-electron chi connectivity index (χ2n) is 3.18. The Labute approximate surface area is 81.6 Å². The number of fused-ring (bicyclic) bond motifs is 1. The van der Waals surface area contributed by atoms with Crippen molar-refractivity contribution in [3.8, 4) is 5.75 Å². The van der Waals surface area contributed by atoms with Gasteiger partial charge in [-0.3, -0.25) is 0 Å². The third kappa shape index (κ3) is 1.31.